The highest BCUT2D eigenvalue weighted by Crippen LogP contribution is 2.51. The van der Waals surface area contributed by atoms with Crippen LogP contribution in [0.5, 0.6) is 28.7 Å². The highest BCUT2D eigenvalue weighted by atomic mass is 16.7. The second-order valence-electron chi connectivity index (χ2n) is 7.94. The monoisotopic (exact) mass is 397 g/mol. The van der Waals surface area contributed by atoms with Crippen LogP contribution in [0, 0.1) is 5.92 Å². The smallest absolute Gasteiger partial charge is 0.231 e. The molecule has 2 aromatic carbocycles. The maximum Gasteiger partial charge on any atom is 0.231 e. The lowest BCUT2D eigenvalue weighted by atomic mass is 9.77. The van der Waals surface area contributed by atoms with Gasteiger partial charge in [0.15, 0.2) is 17.7 Å². The molecule has 3 aliphatic rings. The Kier molecular flexibility index (Phi) is 4.66. The molecule has 0 saturated carbocycles. The SMILES string of the molecule is COc1ccc([C@H]2c3cc4c(cc3O[C@H](N3CCCC3)[C@H]2C)OCO4)c(OC)c1. The van der Waals surface area contributed by atoms with Crippen molar-refractivity contribution in [2.45, 2.75) is 31.9 Å². The molecule has 0 amide bonds. The van der Waals surface area contributed by atoms with Gasteiger partial charge in [0.25, 0.3) is 0 Å². The summed E-state index contributed by atoms with van der Waals surface area (Å²) in [6, 6.07) is 10.1. The van der Waals surface area contributed by atoms with Crippen LogP contribution in [0.25, 0.3) is 0 Å². The fraction of sp³-hybridized carbons (Fsp3) is 0.478. The molecular weight excluding hydrogens is 370 g/mol. The lowest BCUT2D eigenvalue weighted by Gasteiger charge is -2.42. The van der Waals surface area contributed by atoms with E-state index in [-0.39, 0.29) is 24.9 Å². The molecule has 154 valence electrons. The van der Waals surface area contributed by atoms with Crippen LogP contribution in [-0.4, -0.2) is 45.2 Å². The first-order valence-electron chi connectivity index (χ1n) is 10.3. The van der Waals surface area contributed by atoms with Crippen LogP contribution < -0.4 is 23.7 Å². The van der Waals surface area contributed by atoms with Crippen LogP contribution in [0.2, 0.25) is 0 Å². The van der Waals surface area contributed by atoms with Crippen molar-refractivity contribution in [1.82, 2.24) is 4.90 Å². The van der Waals surface area contributed by atoms with E-state index < -0.39 is 0 Å². The third-order valence-corrected chi connectivity index (χ3v) is 6.34. The van der Waals surface area contributed by atoms with E-state index in [1.165, 1.54) is 12.8 Å². The Balaban J connectivity index is 1.64. The summed E-state index contributed by atoms with van der Waals surface area (Å²) in [4.78, 5) is 2.46. The Bertz CT molecular complexity index is 908. The molecule has 3 aliphatic heterocycles. The van der Waals surface area contributed by atoms with Gasteiger partial charge in [0, 0.05) is 48.2 Å². The van der Waals surface area contributed by atoms with Gasteiger partial charge in [0.05, 0.1) is 14.2 Å². The molecule has 0 radical (unpaired) electrons. The van der Waals surface area contributed by atoms with E-state index in [2.05, 4.69) is 24.0 Å². The van der Waals surface area contributed by atoms with Crippen molar-refractivity contribution in [3.8, 4) is 28.7 Å². The zero-order valence-corrected chi connectivity index (χ0v) is 17.1. The molecule has 0 N–H and O–H groups in total. The van der Waals surface area contributed by atoms with Crippen molar-refractivity contribution in [3.63, 3.8) is 0 Å². The first-order chi connectivity index (χ1) is 14.2. The van der Waals surface area contributed by atoms with Gasteiger partial charge in [-0.15, -0.1) is 0 Å². The number of hydrogen-bond donors (Lipinski definition) is 0. The Labute approximate surface area is 171 Å². The Morgan fingerprint density at radius 1 is 0.897 bits per heavy atom. The van der Waals surface area contributed by atoms with Crippen molar-refractivity contribution >= 4 is 0 Å². The Morgan fingerprint density at radius 2 is 1.66 bits per heavy atom. The molecule has 0 unspecified atom stereocenters. The summed E-state index contributed by atoms with van der Waals surface area (Å²) in [5.41, 5.74) is 2.24. The molecule has 29 heavy (non-hydrogen) atoms. The van der Waals surface area contributed by atoms with E-state index in [0.717, 1.165) is 53.0 Å². The fourth-order valence-electron chi connectivity index (χ4n) is 4.90. The van der Waals surface area contributed by atoms with E-state index in [1.54, 1.807) is 14.2 Å². The van der Waals surface area contributed by atoms with Gasteiger partial charge in [-0.05, 0) is 25.0 Å². The Morgan fingerprint density at radius 3 is 2.38 bits per heavy atom. The summed E-state index contributed by atoms with van der Waals surface area (Å²) < 4.78 is 29.0. The lowest BCUT2D eigenvalue weighted by Crippen LogP contribution is -2.47. The molecule has 0 spiro atoms. The molecule has 1 fully saturated rings. The van der Waals surface area contributed by atoms with Gasteiger partial charge < -0.3 is 23.7 Å². The van der Waals surface area contributed by atoms with E-state index in [1.807, 2.05) is 18.2 Å². The average Bonchev–Trinajstić information content (AvgIpc) is 3.43. The number of hydrogen-bond acceptors (Lipinski definition) is 6. The van der Waals surface area contributed by atoms with Crippen LogP contribution in [0.1, 0.15) is 36.8 Å². The topological polar surface area (TPSA) is 49.4 Å². The van der Waals surface area contributed by atoms with E-state index >= 15 is 0 Å². The Hall–Kier alpha value is -2.60. The summed E-state index contributed by atoms with van der Waals surface area (Å²) in [6.07, 6.45) is 2.45. The number of nitrogens with zero attached hydrogens (tertiary/aromatic N) is 1. The van der Waals surface area contributed by atoms with Gasteiger partial charge in [-0.3, -0.25) is 4.90 Å². The second kappa shape index (κ2) is 7.34. The molecule has 2 aromatic rings. The van der Waals surface area contributed by atoms with E-state index in [4.69, 9.17) is 23.7 Å². The van der Waals surface area contributed by atoms with Crippen molar-refractivity contribution in [1.29, 1.82) is 0 Å². The maximum absolute atomic E-state index is 6.55. The highest BCUT2D eigenvalue weighted by molar-refractivity contribution is 5.58. The molecule has 6 heteroatoms. The minimum Gasteiger partial charge on any atom is -0.497 e. The van der Waals surface area contributed by atoms with Crippen LogP contribution in [-0.2, 0) is 0 Å². The van der Waals surface area contributed by atoms with E-state index in [0.29, 0.717) is 0 Å². The molecular formula is C23H27NO5. The lowest BCUT2D eigenvalue weighted by molar-refractivity contribution is -0.0180. The normalized spacial score (nSPS) is 25.4. The van der Waals surface area contributed by atoms with E-state index in [9.17, 15) is 0 Å². The predicted octanol–water partition coefficient (Wildman–Crippen LogP) is 4.01. The molecule has 5 rings (SSSR count). The van der Waals surface area contributed by atoms with Gasteiger partial charge in [0.1, 0.15) is 17.2 Å². The predicted molar refractivity (Wildman–Crippen MR) is 108 cm³/mol. The third kappa shape index (κ3) is 3.06. The van der Waals surface area contributed by atoms with Gasteiger partial charge >= 0.3 is 0 Å². The summed E-state index contributed by atoms with van der Waals surface area (Å²) >= 11 is 0. The number of ether oxygens (including phenoxy) is 5. The standard InChI is InChI=1S/C23H27NO5/c1-14-22(16-7-6-15(25-2)10-18(16)26-3)17-11-20-21(28-13-27-20)12-19(17)29-23(14)24-8-4-5-9-24/h6-7,10-12,14,22-23H,4-5,8-9,13H2,1-3H3/t14-,22-,23-/m0/s1. The molecule has 0 bridgehead atoms. The summed E-state index contributed by atoms with van der Waals surface area (Å²) in [7, 11) is 3.38. The molecule has 0 aliphatic carbocycles. The molecule has 6 nitrogen and oxygen atoms in total. The summed E-state index contributed by atoms with van der Waals surface area (Å²) in [6.45, 7) is 4.66. The van der Waals surface area contributed by atoms with Crippen LogP contribution in [0.15, 0.2) is 30.3 Å². The second-order valence-corrected chi connectivity index (χ2v) is 7.94. The van der Waals surface area contributed by atoms with Crippen LogP contribution >= 0.6 is 0 Å². The number of benzene rings is 2. The minimum atomic E-state index is 0.0159. The zero-order valence-electron chi connectivity index (χ0n) is 17.1. The first-order valence-corrected chi connectivity index (χ1v) is 10.3. The third-order valence-electron chi connectivity index (χ3n) is 6.34. The molecule has 1 saturated heterocycles. The van der Waals surface area contributed by atoms with Crippen molar-refractivity contribution in [3.05, 3.63) is 41.5 Å². The number of rotatable bonds is 4. The average molecular weight is 397 g/mol. The quantitative estimate of drug-likeness (QED) is 0.777. The highest BCUT2D eigenvalue weighted by Gasteiger charge is 2.42. The minimum absolute atomic E-state index is 0.0159. The number of methoxy groups -OCH3 is 2. The zero-order chi connectivity index (χ0) is 20.0. The summed E-state index contributed by atoms with van der Waals surface area (Å²) in [5, 5.41) is 0. The largest absolute Gasteiger partial charge is 0.497 e. The molecule has 3 atom stereocenters. The van der Waals surface area contributed by atoms with Crippen LogP contribution in [0.4, 0.5) is 0 Å². The molecule has 0 aromatic heterocycles. The summed E-state index contributed by atoms with van der Waals surface area (Å²) in [5.74, 6) is 4.35. The maximum atomic E-state index is 6.55. The van der Waals surface area contributed by atoms with Crippen molar-refractivity contribution in [2.24, 2.45) is 5.92 Å². The van der Waals surface area contributed by atoms with Crippen molar-refractivity contribution < 1.29 is 23.7 Å². The number of fused-ring (bicyclic) bond motifs is 2. The first kappa shape index (κ1) is 18.4. The molecule has 3 heterocycles. The van der Waals surface area contributed by atoms with Gasteiger partial charge in [-0.25, -0.2) is 0 Å². The fourth-order valence-corrected chi connectivity index (χ4v) is 4.90. The van der Waals surface area contributed by atoms with Gasteiger partial charge in [0.2, 0.25) is 6.79 Å². The van der Waals surface area contributed by atoms with Gasteiger partial charge in [-0.2, -0.15) is 0 Å². The van der Waals surface area contributed by atoms with Crippen molar-refractivity contribution in [2.75, 3.05) is 34.1 Å². The van der Waals surface area contributed by atoms with Crippen LogP contribution in [0.3, 0.4) is 0 Å². The number of likely N-dealkylation sites (tertiary alicyclic amines) is 1. The van der Waals surface area contributed by atoms with Gasteiger partial charge in [-0.1, -0.05) is 13.0 Å².